The largest absolute Gasteiger partial charge is 0.385 e. The fourth-order valence-corrected chi connectivity index (χ4v) is 2.16. The van der Waals surface area contributed by atoms with E-state index in [4.69, 9.17) is 4.74 Å². The molecule has 1 atom stereocenters. The number of nitrogens with one attached hydrogen (secondary N) is 1. The van der Waals surface area contributed by atoms with E-state index in [0.717, 1.165) is 13.2 Å². The van der Waals surface area contributed by atoms with Crippen molar-refractivity contribution in [2.45, 2.75) is 32.2 Å². The van der Waals surface area contributed by atoms with Crippen LogP contribution in [0, 0.1) is 5.41 Å². The van der Waals surface area contributed by atoms with Crippen LogP contribution in [0.5, 0.6) is 0 Å². The number of hydrogen-bond acceptors (Lipinski definition) is 3. The number of aromatic nitrogens is 2. The molecule has 0 bridgehead atoms. The maximum atomic E-state index is 5.17. The van der Waals surface area contributed by atoms with Gasteiger partial charge in [-0.1, -0.05) is 0 Å². The predicted molar refractivity (Wildman–Crippen MR) is 67.8 cm³/mol. The van der Waals surface area contributed by atoms with Gasteiger partial charge in [0, 0.05) is 45.1 Å². The molecule has 1 aliphatic carbocycles. The topological polar surface area (TPSA) is 39.1 Å². The van der Waals surface area contributed by atoms with Crippen molar-refractivity contribution < 1.29 is 4.74 Å². The minimum Gasteiger partial charge on any atom is -0.385 e. The number of nitrogens with zero attached hydrogens (tertiary/aromatic N) is 2. The first kappa shape index (κ1) is 12.6. The predicted octanol–water partition coefficient (Wildman–Crippen LogP) is 1.89. The van der Waals surface area contributed by atoms with Gasteiger partial charge in [0.2, 0.25) is 0 Å². The lowest BCUT2D eigenvalue weighted by atomic mass is 10.0. The fraction of sp³-hybridized carbons (Fsp3) is 0.769. The Labute approximate surface area is 103 Å². The third kappa shape index (κ3) is 3.30. The van der Waals surface area contributed by atoms with Gasteiger partial charge in [-0.2, -0.15) is 5.10 Å². The minimum absolute atomic E-state index is 0.378. The van der Waals surface area contributed by atoms with Crippen molar-refractivity contribution in [1.29, 1.82) is 0 Å². The van der Waals surface area contributed by atoms with E-state index in [1.54, 1.807) is 7.11 Å². The summed E-state index contributed by atoms with van der Waals surface area (Å²) >= 11 is 0. The summed E-state index contributed by atoms with van der Waals surface area (Å²) in [7, 11) is 3.74. The molecule has 1 heterocycles. The van der Waals surface area contributed by atoms with Crippen molar-refractivity contribution >= 4 is 0 Å². The zero-order chi connectivity index (χ0) is 12.3. The van der Waals surface area contributed by atoms with E-state index in [9.17, 15) is 0 Å². The Morgan fingerprint density at radius 3 is 2.88 bits per heavy atom. The molecule has 4 heteroatoms. The summed E-state index contributed by atoms with van der Waals surface area (Å²) in [5, 5.41) is 7.82. The molecule has 1 aliphatic rings. The van der Waals surface area contributed by atoms with Crippen molar-refractivity contribution in [3.63, 3.8) is 0 Å². The van der Waals surface area contributed by atoms with Gasteiger partial charge >= 0.3 is 0 Å². The van der Waals surface area contributed by atoms with Crippen molar-refractivity contribution in [2.24, 2.45) is 12.5 Å². The SMILES string of the molecule is COCCC1(CNC(C)c2cnn(C)c2)CC1. The van der Waals surface area contributed by atoms with E-state index in [0.29, 0.717) is 11.5 Å². The molecule has 1 saturated carbocycles. The van der Waals surface area contributed by atoms with E-state index in [1.165, 1.54) is 24.8 Å². The molecule has 17 heavy (non-hydrogen) atoms. The summed E-state index contributed by atoms with van der Waals surface area (Å²) in [5.41, 5.74) is 1.77. The maximum Gasteiger partial charge on any atom is 0.0537 e. The van der Waals surface area contributed by atoms with E-state index in [2.05, 4.69) is 23.5 Å². The quantitative estimate of drug-likeness (QED) is 0.787. The zero-order valence-corrected chi connectivity index (χ0v) is 11.1. The van der Waals surface area contributed by atoms with Gasteiger partial charge in [-0.3, -0.25) is 4.68 Å². The van der Waals surface area contributed by atoms with Crippen LogP contribution in [-0.2, 0) is 11.8 Å². The van der Waals surface area contributed by atoms with Crippen LogP contribution in [0.15, 0.2) is 12.4 Å². The Kier molecular flexibility index (Phi) is 3.84. The van der Waals surface area contributed by atoms with Gasteiger partial charge in [-0.05, 0) is 31.6 Å². The van der Waals surface area contributed by atoms with E-state index in [1.807, 2.05) is 17.9 Å². The molecule has 0 aromatic carbocycles. The Balaban J connectivity index is 1.78. The molecule has 0 saturated heterocycles. The second-order valence-electron chi connectivity index (χ2n) is 5.29. The van der Waals surface area contributed by atoms with E-state index < -0.39 is 0 Å². The van der Waals surface area contributed by atoms with Crippen LogP contribution in [0.2, 0.25) is 0 Å². The molecular formula is C13H23N3O. The Hall–Kier alpha value is -0.870. The van der Waals surface area contributed by atoms with Gasteiger partial charge < -0.3 is 10.1 Å². The van der Waals surface area contributed by atoms with E-state index >= 15 is 0 Å². The molecule has 96 valence electrons. The van der Waals surface area contributed by atoms with Crippen LogP contribution in [-0.4, -0.2) is 30.0 Å². The second-order valence-corrected chi connectivity index (χ2v) is 5.29. The van der Waals surface area contributed by atoms with Crippen molar-refractivity contribution in [3.8, 4) is 0 Å². The summed E-state index contributed by atoms with van der Waals surface area (Å²) in [6, 6.07) is 0.378. The molecule has 2 rings (SSSR count). The number of rotatable bonds is 7. The van der Waals surface area contributed by atoms with Crippen LogP contribution in [0.4, 0.5) is 0 Å². The van der Waals surface area contributed by atoms with Gasteiger partial charge in [-0.25, -0.2) is 0 Å². The fourth-order valence-electron chi connectivity index (χ4n) is 2.16. The summed E-state index contributed by atoms with van der Waals surface area (Å²) in [4.78, 5) is 0. The van der Waals surface area contributed by atoms with Gasteiger partial charge in [0.15, 0.2) is 0 Å². The van der Waals surface area contributed by atoms with Gasteiger partial charge in [-0.15, -0.1) is 0 Å². The highest BCUT2D eigenvalue weighted by atomic mass is 16.5. The molecule has 0 radical (unpaired) electrons. The Morgan fingerprint density at radius 2 is 2.35 bits per heavy atom. The highest BCUT2D eigenvalue weighted by Crippen LogP contribution is 2.48. The normalized spacial score (nSPS) is 19.2. The average molecular weight is 237 g/mol. The van der Waals surface area contributed by atoms with Gasteiger partial charge in [0.05, 0.1) is 6.20 Å². The highest BCUT2D eigenvalue weighted by molar-refractivity contribution is 5.09. The molecule has 1 fully saturated rings. The standard InChI is InChI=1S/C13H23N3O/c1-11(12-8-15-16(2)9-12)14-10-13(4-5-13)6-7-17-3/h8-9,11,14H,4-7,10H2,1-3H3. The van der Waals surface area contributed by atoms with Gasteiger partial charge in [0.1, 0.15) is 0 Å². The number of methoxy groups -OCH3 is 1. The average Bonchev–Trinajstić information content (AvgIpc) is 2.97. The smallest absolute Gasteiger partial charge is 0.0537 e. The molecule has 4 nitrogen and oxygen atoms in total. The molecule has 1 aromatic rings. The molecule has 0 amide bonds. The zero-order valence-electron chi connectivity index (χ0n) is 11.1. The van der Waals surface area contributed by atoms with Crippen molar-refractivity contribution in [3.05, 3.63) is 18.0 Å². The van der Waals surface area contributed by atoms with Crippen molar-refractivity contribution in [2.75, 3.05) is 20.3 Å². The van der Waals surface area contributed by atoms with E-state index in [-0.39, 0.29) is 0 Å². The molecule has 1 unspecified atom stereocenters. The van der Waals surface area contributed by atoms with Gasteiger partial charge in [0.25, 0.3) is 0 Å². The van der Waals surface area contributed by atoms with Crippen LogP contribution < -0.4 is 5.32 Å². The van der Waals surface area contributed by atoms with Crippen LogP contribution >= 0.6 is 0 Å². The first-order chi connectivity index (χ1) is 8.15. The summed E-state index contributed by atoms with van der Waals surface area (Å²) in [6.07, 6.45) is 7.86. The Bertz CT molecular complexity index is 357. The number of hydrogen-bond donors (Lipinski definition) is 1. The first-order valence-corrected chi connectivity index (χ1v) is 6.36. The second kappa shape index (κ2) is 5.19. The molecular weight excluding hydrogens is 214 g/mol. The lowest BCUT2D eigenvalue weighted by Crippen LogP contribution is -2.27. The van der Waals surface area contributed by atoms with Crippen LogP contribution in [0.1, 0.15) is 37.8 Å². The lowest BCUT2D eigenvalue weighted by Gasteiger charge is -2.19. The van der Waals surface area contributed by atoms with Crippen molar-refractivity contribution in [1.82, 2.24) is 15.1 Å². The number of ether oxygens (including phenoxy) is 1. The third-order valence-corrected chi connectivity index (χ3v) is 3.80. The van der Waals surface area contributed by atoms with Crippen LogP contribution in [0.3, 0.4) is 0 Å². The highest BCUT2D eigenvalue weighted by Gasteiger charge is 2.41. The minimum atomic E-state index is 0.378. The molecule has 0 aliphatic heterocycles. The van der Waals surface area contributed by atoms with Crippen LogP contribution in [0.25, 0.3) is 0 Å². The molecule has 0 spiro atoms. The number of aryl methyl sites for hydroxylation is 1. The summed E-state index contributed by atoms with van der Waals surface area (Å²) < 4.78 is 7.02. The molecule has 1 N–H and O–H groups in total. The lowest BCUT2D eigenvalue weighted by molar-refractivity contribution is 0.170. The first-order valence-electron chi connectivity index (χ1n) is 6.36. The summed E-state index contributed by atoms with van der Waals surface area (Å²) in [6.45, 7) is 4.17. The Morgan fingerprint density at radius 1 is 1.59 bits per heavy atom. The monoisotopic (exact) mass is 237 g/mol. The maximum absolute atomic E-state index is 5.17. The third-order valence-electron chi connectivity index (χ3n) is 3.80. The summed E-state index contributed by atoms with van der Waals surface area (Å²) in [5.74, 6) is 0. The molecule has 1 aromatic heterocycles.